The number of pyridine rings is 1. The van der Waals surface area contributed by atoms with Gasteiger partial charge < -0.3 is 4.74 Å². The Kier molecular flexibility index (Phi) is 3.71. The molecule has 0 saturated heterocycles. The van der Waals surface area contributed by atoms with Gasteiger partial charge in [0.25, 0.3) is 10.0 Å². The molecule has 0 aliphatic heterocycles. The lowest BCUT2D eigenvalue weighted by atomic mass is 10.2. The number of hydrogen-bond donors (Lipinski definition) is 1. The molecule has 4 rings (SSSR count). The molecule has 0 unspecified atom stereocenters. The Morgan fingerprint density at radius 1 is 1.04 bits per heavy atom. The fourth-order valence-electron chi connectivity index (χ4n) is 2.17. The standard InChI is InChI=1S/C15H11N5O3S2/c16-25(21,22)15-19-20-9-13(18-14(20)24-15)10-1-3-11(4-2-10)23-12-5-7-17-8-6-12/h1-9H,(H2,16,21,22). The Labute approximate surface area is 146 Å². The highest BCUT2D eigenvalue weighted by molar-refractivity contribution is 7.91. The van der Waals surface area contributed by atoms with E-state index in [1.807, 2.05) is 24.3 Å². The highest BCUT2D eigenvalue weighted by Crippen LogP contribution is 2.27. The smallest absolute Gasteiger partial charge is 0.267 e. The molecule has 0 fully saturated rings. The van der Waals surface area contributed by atoms with Gasteiger partial charge in [-0.1, -0.05) is 11.3 Å². The summed E-state index contributed by atoms with van der Waals surface area (Å²) in [6.45, 7) is 0. The first-order valence-electron chi connectivity index (χ1n) is 7.06. The third kappa shape index (κ3) is 3.22. The van der Waals surface area contributed by atoms with E-state index in [0.29, 0.717) is 22.2 Å². The minimum absolute atomic E-state index is 0.164. The van der Waals surface area contributed by atoms with Crippen molar-refractivity contribution in [1.29, 1.82) is 0 Å². The summed E-state index contributed by atoms with van der Waals surface area (Å²) < 4.78 is 29.6. The third-order valence-electron chi connectivity index (χ3n) is 3.30. The predicted octanol–water partition coefficient (Wildman–Crippen LogP) is 2.29. The first-order valence-corrected chi connectivity index (χ1v) is 9.43. The Bertz CT molecular complexity index is 1100. The van der Waals surface area contributed by atoms with Crippen LogP contribution in [0.25, 0.3) is 16.2 Å². The summed E-state index contributed by atoms with van der Waals surface area (Å²) in [5.41, 5.74) is 1.53. The SMILES string of the molecule is NS(=O)(=O)c1nn2cc(-c3ccc(Oc4ccncc4)cc3)nc2s1. The maximum atomic E-state index is 11.3. The third-order valence-corrected chi connectivity index (χ3v) is 5.54. The molecule has 3 heterocycles. The van der Waals surface area contributed by atoms with Gasteiger partial charge in [-0.2, -0.15) is 0 Å². The lowest BCUT2D eigenvalue weighted by Gasteiger charge is -2.05. The molecule has 0 bridgehead atoms. The van der Waals surface area contributed by atoms with E-state index in [0.717, 1.165) is 16.9 Å². The van der Waals surface area contributed by atoms with Crippen LogP contribution in [0.15, 0.2) is 59.3 Å². The van der Waals surface area contributed by atoms with E-state index in [2.05, 4.69) is 15.1 Å². The second-order valence-electron chi connectivity index (χ2n) is 5.08. The van der Waals surface area contributed by atoms with Crippen molar-refractivity contribution in [1.82, 2.24) is 19.6 Å². The highest BCUT2D eigenvalue weighted by atomic mass is 32.2. The Hall–Kier alpha value is -2.82. The molecule has 0 saturated carbocycles. The van der Waals surface area contributed by atoms with Crippen LogP contribution in [-0.4, -0.2) is 28.0 Å². The Morgan fingerprint density at radius 2 is 1.72 bits per heavy atom. The van der Waals surface area contributed by atoms with Gasteiger partial charge in [0.15, 0.2) is 0 Å². The number of sulfonamides is 1. The van der Waals surface area contributed by atoms with Crippen LogP contribution in [0.5, 0.6) is 11.5 Å². The molecule has 10 heteroatoms. The van der Waals surface area contributed by atoms with Gasteiger partial charge in [0.05, 0.1) is 11.9 Å². The molecule has 0 spiro atoms. The van der Waals surface area contributed by atoms with Crippen molar-refractivity contribution in [2.45, 2.75) is 4.34 Å². The summed E-state index contributed by atoms with van der Waals surface area (Å²) in [4.78, 5) is 8.77. The van der Waals surface area contributed by atoms with Gasteiger partial charge >= 0.3 is 0 Å². The summed E-state index contributed by atoms with van der Waals surface area (Å²) in [6.07, 6.45) is 4.97. The zero-order valence-electron chi connectivity index (χ0n) is 12.6. The van der Waals surface area contributed by atoms with Gasteiger partial charge in [-0.15, -0.1) is 5.10 Å². The normalized spacial score (nSPS) is 11.7. The number of fused-ring (bicyclic) bond motifs is 1. The Morgan fingerprint density at radius 3 is 2.36 bits per heavy atom. The van der Waals surface area contributed by atoms with Crippen molar-refractivity contribution >= 4 is 26.3 Å². The second kappa shape index (κ2) is 5.92. The predicted molar refractivity (Wildman–Crippen MR) is 92.0 cm³/mol. The molecule has 126 valence electrons. The molecule has 3 aromatic heterocycles. The molecule has 0 atom stereocenters. The first kappa shape index (κ1) is 15.7. The van der Waals surface area contributed by atoms with Crippen LogP contribution in [0.2, 0.25) is 0 Å². The van der Waals surface area contributed by atoms with E-state index in [1.54, 1.807) is 30.7 Å². The maximum absolute atomic E-state index is 11.3. The molecule has 0 radical (unpaired) electrons. The molecule has 8 nitrogen and oxygen atoms in total. The van der Waals surface area contributed by atoms with E-state index in [-0.39, 0.29) is 4.34 Å². The number of ether oxygens (including phenoxy) is 1. The minimum Gasteiger partial charge on any atom is -0.457 e. The van der Waals surface area contributed by atoms with Crippen molar-refractivity contribution in [2.24, 2.45) is 5.14 Å². The molecular formula is C15H11N5O3S2. The van der Waals surface area contributed by atoms with Crippen LogP contribution in [0.1, 0.15) is 0 Å². The van der Waals surface area contributed by atoms with Crippen molar-refractivity contribution in [2.75, 3.05) is 0 Å². The zero-order chi connectivity index (χ0) is 17.4. The number of primary sulfonamides is 1. The fourth-order valence-corrected chi connectivity index (χ4v) is 3.68. The number of nitrogens with two attached hydrogens (primary N) is 1. The van der Waals surface area contributed by atoms with Gasteiger partial charge in [0.2, 0.25) is 9.30 Å². The molecule has 1 aromatic carbocycles. The number of imidazole rings is 1. The van der Waals surface area contributed by atoms with Crippen LogP contribution >= 0.6 is 11.3 Å². The molecule has 4 aromatic rings. The number of nitrogens with zero attached hydrogens (tertiary/aromatic N) is 4. The van der Waals surface area contributed by atoms with E-state index in [9.17, 15) is 8.42 Å². The van der Waals surface area contributed by atoms with E-state index in [4.69, 9.17) is 9.88 Å². The van der Waals surface area contributed by atoms with Crippen molar-refractivity contribution < 1.29 is 13.2 Å². The average molecular weight is 373 g/mol. The maximum Gasteiger partial charge on any atom is 0.267 e. The lowest BCUT2D eigenvalue weighted by molar-refractivity contribution is 0.482. The van der Waals surface area contributed by atoms with Gasteiger partial charge in [-0.25, -0.2) is 23.1 Å². The second-order valence-corrected chi connectivity index (χ2v) is 7.77. The van der Waals surface area contributed by atoms with Gasteiger partial charge in [-0.05, 0) is 36.4 Å². The molecule has 2 N–H and O–H groups in total. The monoisotopic (exact) mass is 373 g/mol. The molecule has 0 amide bonds. The molecule has 25 heavy (non-hydrogen) atoms. The summed E-state index contributed by atoms with van der Waals surface area (Å²) in [5.74, 6) is 1.38. The van der Waals surface area contributed by atoms with E-state index >= 15 is 0 Å². The lowest BCUT2D eigenvalue weighted by Crippen LogP contribution is -2.12. The number of rotatable bonds is 4. The van der Waals surface area contributed by atoms with Crippen LogP contribution in [-0.2, 0) is 10.0 Å². The largest absolute Gasteiger partial charge is 0.457 e. The summed E-state index contributed by atoms with van der Waals surface area (Å²) in [7, 11) is -3.82. The van der Waals surface area contributed by atoms with Crippen LogP contribution in [0.3, 0.4) is 0 Å². The van der Waals surface area contributed by atoms with E-state index < -0.39 is 10.0 Å². The zero-order valence-corrected chi connectivity index (χ0v) is 14.2. The summed E-state index contributed by atoms with van der Waals surface area (Å²) in [6, 6.07) is 10.9. The summed E-state index contributed by atoms with van der Waals surface area (Å²) >= 11 is 0.922. The minimum atomic E-state index is -3.82. The summed E-state index contributed by atoms with van der Waals surface area (Å²) in [5, 5.41) is 9.00. The molecule has 0 aliphatic carbocycles. The van der Waals surface area contributed by atoms with Gasteiger partial charge in [-0.3, -0.25) is 4.98 Å². The van der Waals surface area contributed by atoms with Crippen molar-refractivity contribution in [3.8, 4) is 22.8 Å². The van der Waals surface area contributed by atoms with Crippen molar-refractivity contribution in [3.05, 3.63) is 55.0 Å². The number of benzene rings is 1. The van der Waals surface area contributed by atoms with Crippen LogP contribution in [0.4, 0.5) is 0 Å². The highest BCUT2D eigenvalue weighted by Gasteiger charge is 2.17. The quantitative estimate of drug-likeness (QED) is 0.587. The van der Waals surface area contributed by atoms with E-state index in [1.165, 1.54) is 4.52 Å². The average Bonchev–Trinajstić information content (AvgIpc) is 3.15. The first-order chi connectivity index (χ1) is 12.0. The molecule has 0 aliphatic rings. The van der Waals surface area contributed by atoms with Crippen LogP contribution < -0.4 is 9.88 Å². The van der Waals surface area contributed by atoms with Crippen molar-refractivity contribution in [3.63, 3.8) is 0 Å². The fraction of sp³-hybridized carbons (Fsp3) is 0. The van der Waals surface area contributed by atoms with Gasteiger partial charge in [0.1, 0.15) is 11.5 Å². The van der Waals surface area contributed by atoms with Gasteiger partial charge in [0, 0.05) is 18.0 Å². The van der Waals surface area contributed by atoms with Crippen LogP contribution in [0, 0.1) is 0 Å². The Balaban J connectivity index is 1.59. The number of aromatic nitrogens is 4. The number of hydrogen-bond acceptors (Lipinski definition) is 7. The topological polar surface area (TPSA) is 112 Å². The molecular weight excluding hydrogens is 362 g/mol.